The second-order valence-corrected chi connectivity index (χ2v) is 16.4. The molecule has 0 aliphatic carbocycles. The second-order valence-electron chi connectivity index (χ2n) is 12.5. The Balaban J connectivity index is 1.19. The summed E-state index contributed by atoms with van der Waals surface area (Å²) in [4.78, 5) is 15.1. The Bertz CT molecular complexity index is 1180. The molecule has 0 aliphatic rings. The summed E-state index contributed by atoms with van der Waals surface area (Å²) in [5.41, 5.74) is 3.00. The van der Waals surface area contributed by atoms with Crippen LogP contribution in [0.25, 0.3) is 29.5 Å². The van der Waals surface area contributed by atoms with Gasteiger partial charge in [-0.25, -0.2) is 9.97 Å². The molecule has 0 atom stereocenters. The van der Waals surface area contributed by atoms with Crippen LogP contribution in [0.2, 0.25) is 0 Å². The minimum atomic E-state index is 1.06. The predicted molar refractivity (Wildman–Crippen MR) is 201 cm³/mol. The Morgan fingerprint density at radius 1 is 0.455 bits per heavy atom. The van der Waals surface area contributed by atoms with E-state index in [0.29, 0.717) is 0 Å². The standard InChI is InChI=1S/C38H56N2S4/c1-3-5-7-9-11-13-15-17-19-21-23-31-25-27-41-35(31)33-29-39-37(43-33)38-40-30-34(44-38)36-32(26-28-42-36)24-22-20-18-16-14-12-10-8-6-4-2/h25-30H,3-24H2,1-2H3. The van der Waals surface area contributed by atoms with Gasteiger partial charge in [0.2, 0.25) is 0 Å². The minimum Gasteiger partial charge on any atom is -0.241 e. The molecule has 0 N–H and O–H groups in total. The number of thiazole rings is 2. The van der Waals surface area contributed by atoms with Gasteiger partial charge in [-0.3, -0.25) is 0 Å². The molecule has 0 aliphatic heterocycles. The average Bonchev–Trinajstić information content (AvgIpc) is 3.85. The van der Waals surface area contributed by atoms with Gasteiger partial charge < -0.3 is 0 Å². The number of aromatic nitrogens is 2. The summed E-state index contributed by atoms with van der Waals surface area (Å²) in [5.74, 6) is 0. The van der Waals surface area contributed by atoms with Gasteiger partial charge in [-0.05, 0) is 59.7 Å². The van der Waals surface area contributed by atoms with Gasteiger partial charge in [-0.2, -0.15) is 0 Å². The van der Waals surface area contributed by atoms with Crippen LogP contribution >= 0.6 is 45.3 Å². The molecule has 4 heterocycles. The normalized spacial score (nSPS) is 11.6. The summed E-state index contributed by atoms with van der Waals surface area (Å²) in [6.45, 7) is 4.59. The van der Waals surface area contributed by atoms with Crippen molar-refractivity contribution in [2.45, 2.75) is 155 Å². The summed E-state index contributed by atoms with van der Waals surface area (Å²) in [6.07, 6.45) is 34.3. The van der Waals surface area contributed by atoms with E-state index in [2.05, 4.69) is 49.1 Å². The highest BCUT2D eigenvalue weighted by atomic mass is 32.1. The zero-order valence-corrected chi connectivity index (χ0v) is 30.8. The highest BCUT2D eigenvalue weighted by Crippen LogP contribution is 2.41. The molecule has 44 heavy (non-hydrogen) atoms. The van der Waals surface area contributed by atoms with E-state index >= 15 is 0 Å². The number of thiophene rings is 2. The topological polar surface area (TPSA) is 25.8 Å². The molecule has 4 rings (SSSR count). The van der Waals surface area contributed by atoms with Crippen molar-refractivity contribution in [3.8, 4) is 29.5 Å². The molecule has 0 saturated heterocycles. The SMILES string of the molecule is CCCCCCCCCCCCc1ccsc1-c1cnc(-c2ncc(-c3sccc3CCCCCCCCCCCC)s2)s1. The van der Waals surface area contributed by atoms with Gasteiger partial charge in [0.25, 0.3) is 0 Å². The maximum atomic E-state index is 4.84. The maximum absolute atomic E-state index is 4.84. The smallest absolute Gasteiger partial charge is 0.152 e. The largest absolute Gasteiger partial charge is 0.241 e. The Kier molecular flexibility index (Phi) is 17.3. The first-order valence-electron chi connectivity index (χ1n) is 17.9. The maximum Gasteiger partial charge on any atom is 0.152 e. The lowest BCUT2D eigenvalue weighted by molar-refractivity contribution is 0.556. The quantitative estimate of drug-likeness (QED) is 0.0657. The number of unbranched alkanes of at least 4 members (excludes halogenated alkanes) is 18. The van der Waals surface area contributed by atoms with Crippen LogP contribution in [-0.4, -0.2) is 9.97 Å². The average molecular weight is 669 g/mol. The first kappa shape index (κ1) is 35.5. The van der Waals surface area contributed by atoms with E-state index in [1.54, 1.807) is 0 Å². The molecule has 6 heteroatoms. The van der Waals surface area contributed by atoms with Gasteiger partial charge in [-0.15, -0.1) is 45.3 Å². The molecule has 4 aromatic rings. The molecule has 0 unspecified atom stereocenters. The van der Waals surface area contributed by atoms with E-state index in [-0.39, 0.29) is 0 Å². The van der Waals surface area contributed by atoms with Crippen molar-refractivity contribution in [2.75, 3.05) is 0 Å². The number of hydrogen-bond donors (Lipinski definition) is 0. The third-order valence-electron chi connectivity index (χ3n) is 8.73. The molecular weight excluding hydrogens is 613 g/mol. The van der Waals surface area contributed by atoms with E-state index in [4.69, 9.17) is 9.97 Å². The fraction of sp³-hybridized carbons (Fsp3) is 0.632. The van der Waals surface area contributed by atoms with Crippen LogP contribution in [0.5, 0.6) is 0 Å². The van der Waals surface area contributed by atoms with Crippen LogP contribution in [0.4, 0.5) is 0 Å². The highest BCUT2D eigenvalue weighted by Gasteiger charge is 2.16. The lowest BCUT2D eigenvalue weighted by Gasteiger charge is -2.04. The van der Waals surface area contributed by atoms with Crippen LogP contribution in [0.15, 0.2) is 35.3 Å². The molecule has 242 valence electrons. The molecule has 4 aromatic heterocycles. The van der Waals surface area contributed by atoms with Crippen molar-refractivity contribution in [2.24, 2.45) is 0 Å². The minimum absolute atomic E-state index is 1.06. The van der Waals surface area contributed by atoms with Gasteiger partial charge in [0.05, 0.1) is 9.75 Å². The first-order chi connectivity index (χ1) is 21.8. The number of aryl methyl sites for hydroxylation is 2. The van der Waals surface area contributed by atoms with Gasteiger partial charge in [0, 0.05) is 22.1 Å². The van der Waals surface area contributed by atoms with Crippen molar-refractivity contribution in [1.82, 2.24) is 9.97 Å². The second kappa shape index (κ2) is 21.5. The van der Waals surface area contributed by atoms with Crippen molar-refractivity contribution in [3.63, 3.8) is 0 Å². The van der Waals surface area contributed by atoms with Gasteiger partial charge >= 0.3 is 0 Å². The lowest BCUT2D eigenvalue weighted by Crippen LogP contribution is -1.86. The van der Waals surface area contributed by atoms with E-state index in [0.717, 1.165) is 10.0 Å². The Labute approximate surface area is 284 Å². The van der Waals surface area contributed by atoms with E-state index in [9.17, 15) is 0 Å². The first-order valence-corrected chi connectivity index (χ1v) is 21.2. The molecule has 0 radical (unpaired) electrons. The number of hydrogen-bond acceptors (Lipinski definition) is 6. The van der Waals surface area contributed by atoms with E-state index in [1.807, 2.05) is 45.3 Å². The highest BCUT2D eigenvalue weighted by molar-refractivity contribution is 7.27. The molecular formula is C38H56N2S4. The van der Waals surface area contributed by atoms with Gasteiger partial charge in [0.1, 0.15) is 0 Å². The zero-order valence-electron chi connectivity index (χ0n) is 27.5. The summed E-state index contributed by atoms with van der Waals surface area (Å²) < 4.78 is 0. The zero-order chi connectivity index (χ0) is 30.7. The van der Waals surface area contributed by atoms with Crippen LogP contribution < -0.4 is 0 Å². The van der Waals surface area contributed by atoms with Gasteiger partial charge in [0.15, 0.2) is 10.0 Å². The summed E-state index contributed by atoms with van der Waals surface area (Å²) in [6, 6.07) is 4.67. The van der Waals surface area contributed by atoms with E-state index < -0.39 is 0 Å². The molecule has 0 fully saturated rings. The summed E-state index contributed by atoms with van der Waals surface area (Å²) in [7, 11) is 0. The molecule has 0 saturated carbocycles. The van der Waals surface area contributed by atoms with Crippen molar-refractivity contribution < 1.29 is 0 Å². The van der Waals surface area contributed by atoms with Crippen molar-refractivity contribution in [3.05, 3.63) is 46.4 Å². The molecule has 0 aromatic carbocycles. The summed E-state index contributed by atoms with van der Waals surface area (Å²) >= 11 is 7.36. The van der Waals surface area contributed by atoms with Gasteiger partial charge in [-0.1, -0.05) is 129 Å². The monoisotopic (exact) mass is 668 g/mol. The third-order valence-corrected chi connectivity index (χ3v) is 13.1. The van der Waals surface area contributed by atoms with Crippen LogP contribution in [0.1, 0.15) is 153 Å². The third kappa shape index (κ3) is 12.1. The Hall–Kier alpha value is -1.34. The summed E-state index contributed by atoms with van der Waals surface area (Å²) in [5, 5.41) is 6.63. The van der Waals surface area contributed by atoms with Crippen LogP contribution in [0.3, 0.4) is 0 Å². The predicted octanol–water partition coefficient (Wildman–Crippen LogP) is 14.7. The fourth-order valence-electron chi connectivity index (χ4n) is 6.06. The lowest BCUT2D eigenvalue weighted by atomic mass is 10.0. The fourth-order valence-corrected chi connectivity index (χ4v) is 10.1. The number of nitrogens with zero attached hydrogens (tertiary/aromatic N) is 2. The van der Waals surface area contributed by atoms with Crippen LogP contribution in [-0.2, 0) is 12.8 Å². The molecule has 0 bridgehead atoms. The van der Waals surface area contributed by atoms with E-state index in [1.165, 1.54) is 172 Å². The van der Waals surface area contributed by atoms with Crippen molar-refractivity contribution >= 4 is 45.3 Å². The van der Waals surface area contributed by atoms with Crippen LogP contribution in [0, 0.1) is 0 Å². The Morgan fingerprint density at radius 3 is 1.16 bits per heavy atom. The molecule has 0 spiro atoms. The molecule has 0 amide bonds. The number of rotatable bonds is 25. The van der Waals surface area contributed by atoms with Crippen molar-refractivity contribution in [1.29, 1.82) is 0 Å². The molecule has 2 nitrogen and oxygen atoms in total. The Morgan fingerprint density at radius 2 is 0.795 bits per heavy atom.